The van der Waals surface area contributed by atoms with Gasteiger partial charge >= 0.3 is 0 Å². The number of rotatable bonds is 6. The van der Waals surface area contributed by atoms with Crippen LogP contribution in [-0.4, -0.2) is 22.8 Å². The van der Waals surface area contributed by atoms with E-state index >= 15 is 0 Å². The maximum Gasteiger partial charge on any atom is 0.137 e. The number of aliphatic hydroxyl groups is 1. The first-order valence-corrected chi connectivity index (χ1v) is 6.04. The molecular formula is C13H19NO2. The first-order chi connectivity index (χ1) is 7.79. The molecule has 16 heavy (non-hydrogen) atoms. The first kappa shape index (κ1) is 11.4. The van der Waals surface area contributed by atoms with Crippen molar-refractivity contribution in [1.29, 1.82) is 0 Å². The number of aromatic nitrogens is 1. The quantitative estimate of drug-likeness (QED) is 0.800. The monoisotopic (exact) mass is 221 g/mol. The van der Waals surface area contributed by atoms with Crippen molar-refractivity contribution < 1.29 is 9.84 Å². The number of nitrogens with zero attached hydrogens (tertiary/aromatic N) is 1. The van der Waals surface area contributed by atoms with E-state index in [0.29, 0.717) is 12.5 Å². The highest BCUT2D eigenvalue weighted by atomic mass is 16.5. The number of aryl methyl sites for hydroxylation is 1. The Kier molecular flexibility index (Phi) is 3.78. The van der Waals surface area contributed by atoms with Crippen LogP contribution < -0.4 is 4.74 Å². The predicted octanol–water partition coefficient (Wildman–Crippen LogP) is 2.18. The van der Waals surface area contributed by atoms with Crippen LogP contribution in [0.25, 0.3) is 0 Å². The lowest BCUT2D eigenvalue weighted by atomic mass is 10.1. The molecule has 1 heterocycles. The highest BCUT2D eigenvalue weighted by molar-refractivity contribution is 5.23. The zero-order valence-electron chi connectivity index (χ0n) is 9.72. The summed E-state index contributed by atoms with van der Waals surface area (Å²) in [6.45, 7) is 2.62. The van der Waals surface area contributed by atoms with Gasteiger partial charge in [0.1, 0.15) is 5.75 Å². The van der Waals surface area contributed by atoms with Crippen molar-refractivity contribution in [3.8, 4) is 5.75 Å². The van der Waals surface area contributed by atoms with Crippen LogP contribution in [0.2, 0.25) is 0 Å². The molecule has 1 fully saturated rings. The maximum atomic E-state index is 9.77. The van der Waals surface area contributed by atoms with E-state index < -0.39 is 0 Å². The summed E-state index contributed by atoms with van der Waals surface area (Å²) in [4.78, 5) is 4.14. The van der Waals surface area contributed by atoms with Gasteiger partial charge in [0.25, 0.3) is 0 Å². The van der Waals surface area contributed by atoms with Gasteiger partial charge in [0.05, 0.1) is 18.9 Å². The molecule has 0 radical (unpaired) electrons. The fraction of sp³-hybridized carbons (Fsp3) is 0.615. The smallest absolute Gasteiger partial charge is 0.137 e. The highest BCUT2D eigenvalue weighted by Crippen LogP contribution is 2.34. The number of aliphatic hydroxyl groups excluding tert-OH is 1. The topological polar surface area (TPSA) is 42.4 Å². The molecule has 0 amide bonds. The van der Waals surface area contributed by atoms with Gasteiger partial charge in [0.2, 0.25) is 0 Å². The molecule has 0 bridgehead atoms. The van der Waals surface area contributed by atoms with Gasteiger partial charge in [-0.15, -0.1) is 0 Å². The van der Waals surface area contributed by atoms with Crippen molar-refractivity contribution in [1.82, 2.24) is 4.98 Å². The van der Waals surface area contributed by atoms with Gasteiger partial charge in [-0.3, -0.25) is 4.98 Å². The summed E-state index contributed by atoms with van der Waals surface area (Å²) in [7, 11) is 0. The van der Waals surface area contributed by atoms with Gasteiger partial charge in [-0.05, 0) is 50.2 Å². The van der Waals surface area contributed by atoms with Crippen molar-refractivity contribution >= 4 is 0 Å². The summed E-state index contributed by atoms with van der Waals surface area (Å²) >= 11 is 0. The van der Waals surface area contributed by atoms with Crippen LogP contribution in [0.1, 0.15) is 31.7 Å². The molecule has 3 nitrogen and oxygen atoms in total. The lowest BCUT2D eigenvalue weighted by Crippen LogP contribution is -2.10. The molecule has 2 rings (SSSR count). The molecule has 1 saturated carbocycles. The summed E-state index contributed by atoms with van der Waals surface area (Å²) in [5, 5.41) is 9.77. The molecular weight excluding hydrogens is 202 g/mol. The average molecular weight is 221 g/mol. The Morgan fingerprint density at radius 1 is 1.50 bits per heavy atom. The van der Waals surface area contributed by atoms with Gasteiger partial charge in [-0.25, -0.2) is 0 Å². The minimum atomic E-state index is -0.129. The van der Waals surface area contributed by atoms with E-state index in [2.05, 4.69) is 4.98 Å². The summed E-state index contributed by atoms with van der Waals surface area (Å²) in [6.07, 6.45) is 7.55. The first-order valence-electron chi connectivity index (χ1n) is 6.04. The molecule has 0 aromatic carbocycles. The van der Waals surface area contributed by atoms with Crippen LogP contribution in [0.4, 0.5) is 0 Å². The number of hydrogen-bond acceptors (Lipinski definition) is 3. The predicted molar refractivity (Wildman–Crippen MR) is 62.5 cm³/mol. The van der Waals surface area contributed by atoms with Gasteiger partial charge in [-0.1, -0.05) is 0 Å². The Balaban J connectivity index is 1.85. The summed E-state index contributed by atoms with van der Waals surface area (Å²) in [5.74, 6) is 1.38. The summed E-state index contributed by atoms with van der Waals surface area (Å²) in [6, 6.07) is 2.01. The van der Waals surface area contributed by atoms with Crippen LogP contribution in [-0.2, 0) is 6.42 Å². The second-order valence-electron chi connectivity index (χ2n) is 4.41. The molecule has 88 valence electrons. The van der Waals surface area contributed by atoms with E-state index in [1.165, 1.54) is 12.8 Å². The minimum Gasteiger partial charge on any atom is -0.492 e. The molecule has 1 aliphatic rings. The van der Waals surface area contributed by atoms with E-state index in [9.17, 15) is 5.11 Å². The van der Waals surface area contributed by atoms with Crippen molar-refractivity contribution in [2.24, 2.45) is 5.92 Å². The molecule has 1 aromatic rings. The second-order valence-corrected chi connectivity index (χ2v) is 4.41. The maximum absolute atomic E-state index is 9.77. The van der Waals surface area contributed by atoms with Crippen LogP contribution in [0.5, 0.6) is 5.75 Å². The second kappa shape index (κ2) is 5.30. The molecule has 0 saturated heterocycles. The van der Waals surface area contributed by atoms with Gasteiger partial charge in [-0.2, -0.15) is 0 Å². The molecule has 1 aromatic heterocycles. The largest absolute Gasteiger partial charge is 0.492 e. The van der Waals surface area contributed by atoms with Crippen LogP contribution in [0.3, 0.4) is 0 Å². The van der Waals surface area contributed by atoms with Gasteiger partial charge < -0.3 is 9.84 Å². The Morgan fingerprint density at radius 2 is 2.31 bits per heavy atom. The normalized spacial score (nSPS) is 17.1. The molecule has 0 spiro atoms. The van der Waals surface area contributed by atoms with E-state index in [4.69, 9.17) is 4.74 Å². The minimum absolute atomic E-state index is 0.129. The molecule has 3 heteroatoms. The van der Waals surface area contributed by atoms with Crippen molar-refractivity contribution in [3.05, 3.63) is 24.0 Å². The Bertz CT molecular complexity index is 336. The Morgan fingerprint density at radius 3 is 3.00 bits per heavy atom. The van der Waals surface area contributed by atoms with Crippen LogP contribution >= 0.6 is 0 Å². The summed E-state index contributed by atoms with van der Waals surface area (Å²) < 4.78 is 5.39. The summed E-state index contributed by atoms with van der Waals surface area (Å²) in [5.41, 5.74) is 1.14. The zero-order valence-corrected chi connectivity index (χ0v) is 9.72. The zero-order chi connectivity index (χ0) is 11.4. The standard InChI is InChI=1S/C13H19NO2/c1-2-16-12-7-10(8-14-9-12)3-6-13(15)11-4-5-11/h7-9,11,13,15H,2-6H2,1H3. The Labute approximate surface area is 96.5 Å². The van der Waals surface area contributed by atoms with Gasteiger partial charge in [0, 0.05) is 6.20 Å². The highest BCUT2D eigenvalue weighted by Gasteiger charge is 2.29. The van der Waals surface area contributed by atoms with E-state index in [-0.39, 0.29) is 6.10 Å². The lowest BCUT2D eigenvalue weighted by molar-refractivity contribution is 0.142. The third kappa shape index (κ3) is 3.20. The molecule has 1 aliphatic carbocycles. The fourth-order valence-electron chi connectivity index (χ4n) is 1.88. The third-order valence-corrected chi connectivity index (χ3v) is 2.98. The van der Waals surface area contributed by atoms with Crippen molar-refractivity contribution in [2.75, 3.05) is 6.61 Å². The molecule has 0 aliphatic heterocycles. The molecule has 1 atom stereocenters. The number of hydrogen-bond donors (Lipinski definition) is 1. The lowest BCUT2D eigenvalue weighted by Gasteiger charge is -2.09. The van der Waals surface area contributed by atoms with E-state index in [0.717, 1.165) is 24.2 Å². The van der Waals surface area contributed by atoms with Gasteiger partial charge in [0.15, 0.2) is 0 Å². The number of ether oxygens (including phenoxy) is 1. The van der Waals surface area contributed by atoms with Crippen molar-refractivity contribution in [2.45, 2.75) is 38.7 Å². The SMILES string of the molecule is CCOc1cncc(CCC(O)C2CC2)c1. The van der Waals surface area contributed by atoms with Crippen molar-refractivity contribution in [3.63, 3.8) is 0 Å². The fourth-order valence-corrected chi connectivity index (χ4v) is 1.88. The third-order valence-electron chi connectivity index (χ3n) is 2.98. The molecule has 1 N–H and O–H groups in total. The van der Waals surface area contributed by atoms with E-state index in [1.807, 2.05) is 19.2 Å². The van der Waals surface area contributed by atoms with Crippen LogP contribution in [0.15, 0.2) is 18.5 Å². The Hall–Kier alpha value is -1.09. The number of pyridine rings is 1. The van der Waals surface area contributed by atoms with Crippen LogP contribution in [0, 0.1) is 5.92 Å². The van der Waals surface area contributed by atoms with E-state index in [1.54, 1.807) is 6.20 Å². The molecule has 1 unspecified atom stereocenters. The average Bonchev–Trinajstić information content (AvgIpc) is 3.11.